The van der Waals surface area contributed by atoms with Gasteiger partial charge in [0.25, 0.3) is 0 Å². The Balaban J connectivity index is 1.52. The number of ether oxygens (including phenoxy) is 1. The van der Waals surface area contributed by atoms with E-state index in [0.717, 1.165) is 50.0 Å². The van der Waals surface area contributed by atoms with E-state index in [1.807, 2.05) is 36.4 Å². The average molecular weight is 488 g/mol. The van der Waals surface area contributed by atoms with Crippen molar-refractivity contribution < 1.29 is 9.84 Å². The molecule has 0 atom stereocenters. The van der Waals surface area contributed by atoms with Crippen LogP contribution in [-0.2, 0) is 12.0 Å². The molecule has 0 amide bonds. The van der Waals surface area contributed by atoms with E-state index in [4.69, 9.17) is 4.74 Å². The molecule has 3 nitrogen and oxygen atoms in total. The predicted octanol–water partition coefficient (Wildman–Crippen LogP) is 8.47. The van der Waals surface area contributed by atoms with E-state index < -0.39 is 0 Å². The highest BCUT2D eigenvalue weighted by Crippen LogP contribution is 2.41. The summed E-state index contributed by atoms with van der Waals surface area (Å²) < 4.78 is 5.72. The molecule has 0 saturated carbocycles. The van der Waals surface area contributed by atoms with Gasteiger partial charge in [-0.25, -0.2) is 0 Å². The zero-order chi connectivity index (χ0) is 26.0. The lowest BCUT2D eigenvalue weighted by Gasteiger charge is -2.28. The zero-order valence-corrected chi connectivity index (χ0v) is 21.9. The summed E-state index contributed by atoms with van der Waals surface area (Å²) in [6, 6.07) is 35.3. The quantitative estimate of drug-likeness (QED) is 0.242. The number of methoxy groups -OCH3 is 1. The Morgan fingerprint density at radius 3 is 2.22 bits per heavy atom. The van der Waals surface area contributed by atoms with Crippen molar-refractivity contribution in [3.8, 4) is 22.6 Å². The third-order valence-electron chi connectivity index (χ3n) is 7.27. The Labute approximate surface area is 219 Å². The van der Waals surface area contributed by atoms with Gasteiger partial charge in [-0.2, -0.15) is 0 Å². The van der Waals surface area contributed by atoms with Gasteiger partial charge >= 0.3 is 0 Å². The SMILES string of the molecule is COc1cccc2cccc(-c3ccccc3NCc3cc(C)cc(C(C)(C)c4ccccc4)c3O)c12. The summed E-state index contributed by atoms with van der Waals surface area (Å²) in [6.07, 6.45) is 0. The first-order valence-corrected chi connectivity index (χ1v) is 12.7. The third kappa shape index (κ3) is 4.65. The molecule has 186 valence electrons. The molecule has 0 fully saturated rings. The maximum absolute atomic E-state index is 11.4. The van der Waals surface area contributed by atoms with E-state index in [9.17, 15) is 5.11 Å². The maximum atomic E-state index is 11.4. The number of hydrogen-bond donors (Lipinski definition) is 2. The van der Waals surface area contributed by atoms with E-state index in [0.29, 0.717) is 12.3 Å². The van der Waals surface area contributed by atoms with E-state index in [-0.39, 0.29) is 5.41 Å². The molecule has 5 rings (SSSR count). The first-order valence-electron chi connectivity index (χ1n) is 12.7. The minimum Gasteiger partial charge on any atom is -0.507 e. The topological polar surface area (TPSA) is 41.5 Å². The van der Waals surface area contributed by atoms with Crippen LogP contribution in [0.25, 0.3) is 21.9 Å². The molecule has 0 bridgehead atoms. The summed E-state index contributed by atoms with van der Waals surface area (Å²) in [5.74, 6) is 1.20. The van der Waals surface area contributed by atoms with Gasteiger partial charge in [0.2, 0.25) is 0 Å². The average Bonchev–Trinajstić information content (AvgIpc) is 2.93. The summed E-state index contributed by atoms with van der Waals surface area (Å²) >= 11 is 0. The van der Waals surface area contributed by atoms with E-state index in [1.54, 1.807) is 7.11 Å². The molecule has 0 heterocycles. The largest absolute Gasteiger partial charge is 0.507 e. The fraction of sp³-hybridized carbons (Fsp3) is 0.176. The number of anilines is 1. The number of para-hydroxylation sites is 1. The number of phenolic OH excluding ortho intramolecular Hbond substituents is 1. The van der Waals surface area contributed by atoms with Crippen LogP contribution in [0.15, 0.2) is 103 Å². The van der Waals surface area contributed by atoms with Gasteiger partial charge in [-0.3, -0.25) is 0 Å². The van der Waals surface area contributed by atoms with Crippen LogP contribution in [0, 0.1) is 6.92 Å². The van der Waals surface area contributed by atoms with Crippen LogP contribution in [0.5, 0.6) is 11.5 Å². The van der Waals surface area contributed by atoms with Crippen molar-refractivity contribution in [2.45, 2.75) is 32.7 Å². The van der Waals surface area contributed by atoms with Gasteiger partial charge in [0.15, 0.2) is 0 Å². The standard InChI is InChI=1S/C34H33NO2/c1-23-20-25(33(36)29(21-23)34(2,3)26-14-6-5-7-15-26)22-35-30-18-9-8-16-27(30)28-17-10-12-24-13-11-19-31(37-4)32(24)28/h5-21,35-36H,22H2,1-4H3. The predicted molar refractivity (Wildman–Crippen MR) is 155 cm³/mol. The highest BCUT2D eigenvalue weighted by Gasteiger charge is 2.27. The van der Waals surface area contributed by atoms with Crippen LogP contribution in [0.2, 0.25) is 0 Å². The third-order valence-corrected chi connectivity index (χ3v) is 7.27. The Bertz CT molecular complexity index is 1550. The lowest BCUT2D eigenvalue weighted by Crippen LogP contribution is -2.20. The number of rotatable bonds is 7. The fourth-order valence-electron chi connectivity index (χ4n) is 5.24. The van der Waals surface area contributed by atoms with Crippen molar-refractivity contribution in [3.63, 3.8) is 0 Å². The molecule has 0 aromatic heterocycles. The Morgan fingerprint density at radius 2 is 1.46 bits per heavy atom. The maximum Gasteiger partial charge on any atom is 0.127 e. The smallest absolute Gasteiger partial charge is 0.127 e. The van der Waals surface area contributed by atoms with Gasteiger partial charge in [-0.1, -0.05) is 110 Å². The second-order valence-corrected chi connectivity index (χ2v) is 10.1. The molecule has 5 aromatic rings. The zero-order valence-electron chi connectivity index (χ0n) is 21.9. The van der Waals surface area contributed by atoms with Crippen LogP contribution in [0.1, 0.15) is 36.1 Å². The highest BCUT2D eigenvalue weighted by atomic mass is 16.5. The Morgan fingerprint density at radius 1 is 0.784 bits per heavy atom. The minimum atomic E-state index is -0.330. The lowest BCUT2D eigenvalue weighted by atomic mass is 9.76. The van der Waals surface area contributed by atoms with Crippen LogP contribution < -0.4 is 10.1 Å². The van der Waals surface area contributed by atoms with Crippen molar-refractivity contribution in [2.24, 2.45) is 0 Å². The number of fused-ring (bicyclic) bond motifs is 1. The van der Waals surface area contributed by atoms with Crippen molar-refractivity contribution in [1.29, 1.82) is 0 Å². The van der Waals surface area contributed by atoms with Crippen molar-refractivity contribution in [2.75, 3.05) is 12.4 Å². The molecule has 0 aliphatic rings. The number of benzene rings is 5. The molecule has 0 radical (unpaired) electrons. The number of aryl methyl sites for hydroxylation is 1. The molecule has 0 saturated heterocycles. The second-order valence-electron chi connectivity index (χ2n) is 10.1. The minimum absolute atomic E-state index is 0.330. The summed E-state index contributed by atoms with van der Waals surface area (Å²) in [7, 11) is 1.71. The van der Waals surface area contributed by atoms with Crippen molar-refractivity contribution in [1.82, 2.24) is 0 Å². The van der Waals surface area contributed by atoms with Crippen LogP contribution in [0.4, 0.5) is 5.69 Å². The molecule has 0 spiro atoms. The number of aromatic hydroxyl groups is 1. The second kappa shape index (κ2) is 10.0. The van der Waals surface area contributed by atoms with Gasteiger partial charge in [0, 0.05) is 39.7 Å². The Hall–Kier alpha value is -4.24. The van der Waals surface area contributed by atoms with Crippen molar-refractivity contribution in [3.05, 3.63) is 125 Å². The number of nitrogens with one attached hydrogen (secondary N) is 1. The first kappa shape index (κ1) is 24.5. The van der Waals surface area contributed by atoms with Gasteiger partial charge in [0.05, 0.1) is 7.11 Å². The van der Waals surface area contributed by atoms with Crippen molar-refractivity contribution >= 4 is 16.5 Å². The summed E-state index contributed by atoms with van der Waals surface area (Å²) in [5.41, 5.74) is 6.99. The van der Waals surface area contributed by atoms with Gasteiger partial charge in [0.1, 0.15) is 11.5 Å². The molecule has 0 aliphatic heterocycles. The van der Waals surface area contributed by atoms with E-state index >= 15 is 0 Å². The highest BCUT2D eigenvalue weighted by molar-refractivity contribution is 6.03. The summed E-state index contributed by atoms with van der Waals surface area (Å²) in [5, 5.41) is 17.3. The first-order chi connectivity index (χ1) is 17.9. The van der Waals surface area contributed by atoms with Gasteiger partial charge < -0.3 is 15.2 Å². The molecule has 3 heteroatoms. The van der Waals surface area contributed by atoms with Gasteiger partial charge in [-0.05, 0) is 35.6 Å². The summed E-state index contributed by atoms with van der Waals surface area (Å²) in [6.45, 7) is 6.92. The normalized spacial score (nSPS) is 11.5. The number of hydrogen-bond acceptors (Lipinski definition) is 3. The molecule has 0 unspecified atom stereocenters. The van der Waals surface area contributed by atoms with Crippen LogP contribution in [-0.4, -0.2) is 12.2 Å². The fourth-order valence-corrected chi connectivity index (χ4v) is 5.24. The molecule has 2 N–H and O–H groups in total. The molecular formula is C34H33NO2. The van der Waals surface area contributed by atoms with E-state index in [2.05, 4.69) is 92.8 Å². The molecule has 0 aliphatic carbocycles. The molecule has 5 aromatic carbocycles. The van der Waals surface area contributed by atoms with Crippen LogP contribution >= 0.6 is 0 Å². The van der Waals surface area contributed by atoms with Crippen LogP contribution in [0.3, 0.4) is 0 Å². The number of phenols is 1. The lowest BCUT2D eigenvalue weighted by molar-refractivity contribution is 0.420. The molecular weight excluding hydrogens is 454 g/mol. The molecule has 37 heavy (non-hydrogen) atoms. The van der Waals surface area contributed by atoms with Gasteiger partial charge in [-0.15, -0.1) is 0 Å². The Kier molecular flexibility index (Phi) is 6.62. The monoisotopic (exact) mass is 487 g/mol. The van der Waals surface area contributed by atoms with E-state index in [1.165, 1.54) is 5.56 Å². The summed E-state index contributed by atoms with van der Waals surface area (Å²) in [4.78, 5) is 0.